The van der Waals surface area contributed by atoms with Gasteiger partial charge in [-0.3, -0.25) is 9.59 Å². The number of rotatable bonds is 3. The molecule has 1 N–H and O–H groups in total. The summed E-state index contributed by atoms with van der Waals surface area (Å²) < 4.78 is 0. The lowest BCUT2D eigenvalue weighted by atomic mass is 10.3. The van der Waals surface area contributed by atoms with Crippen LogP contribution in [0.3, 0.4) is 0 Å². The highest BCUT2D eigenvalue weighted by molar-refractivity contribution is 8.14. The molecule has 3 nitrogen and oxygen atoms in total. The molecule has 0 amide bonds. The molecule has 0 radical (unpaired) electrons. The van der Waals surface area contributed by atoms with E-state index in [1.807, 2.05) is 0 Å². The fraction of sp³-hybridized carbons (Fsp3) is 0.667. The zero-order valence-corrected chi connectivity index (χ0v) is 8.00. The van der Waals surface area contributed by atoms with Crippen LogP contribution in [0.1, 0.15) is 20.3 Å². The monoisotopic (exact) mass is 198 g/mol. The predicted octanol–water partition coefficient (Wildman–Crippen LogP) is 1.55. The fourth-order valence-corrected chi connectivity index (χ4v) is 1.36. The lowest BCUT2D eigenvalue weighted by Crippen LogP contribution is -2.07. The normalized spacial score (nSPS) is 11.5. The highest BCUT2D eigenvalue weighted by Gasteiger charge is 2.09. The molecule has 0 aliphatic carbocycles. The quantitative estimate of drug-likeness (QED) is 0.748. The molecule has 0 spiro atoms. The SMILES string of the molecule is CC(=O)SC(C)CC(=O)O.Cl. The Kier molecular flexibility index (Phi) is 7.89. The van der Waals surface area contributed by atoms with E-state index in [0.717, 1.165) is 11.8 Å². The molecule has 0 aromatic heterocycles. The van der Waals surface area contributed by atoms with E-state index < -0.39 is 5.97 Å². The second kappa shape index (κ2) is 6.49. The van der Waals surface area contributed by atoms with E-state index in [-0.39, 0.29) is 29.2 Å². The summed E-state index contributed by atoms with van der Waals surface area (Å²) in [5, 5.41) is 8.12. The third kappa shape index (κ3) is 9.78. The summed E-state index contributed by atoms with van der Waals surface area (Å²) in [6.07, 6.45) is 0.0459. The molecule has 0 heterocycles. The van der Waals surface area contributed by atoms with Gasteiger partial charge in [-0.15, -0.1) is 12.4 Å². The van der Waals surface area contributed by atoms with Crippen molar-refractivity contribution in [2.75, 3.05) is 0 Å². The van der Waals surface area contributed by atoms with Gasteiger partial charge in [0.25, 0.3) is 0 Å². The molecule has 5 heteroatoms. The van der Waals surface area contributed by atoms with Crippen LogP contribution >= 0.6 is 24.2 Å². The molecule has 0 bridgehead atoms. The Morgan fingerprint density at radius 1 is 1.55 bits per heavy atom. The lowest BCUT2D eigenvalue weighted by Gasteiger charge is -2.02. The first-order chi connectivity index (χ1) is 4.52. The van der Waals surface area contributed by atoms with Crippen LogP contribution in [0.15, 0.2) is 0 Å². The van der Waals surface area contributed by atoms with Crippen molar-refractivity contribution < 1.29 is 14.7 Å². The molecule has 1 unspecified atom stereocenters. The number of carboxylic acids is 1. The summed E-state index contributed by atoms with van der Waals surface area (Å²) in [7, 11) is 0. The Bertz CT molecular complexity index is 133. The minimum atomic E-state index is -0.860. The molecule has 0 aliphatic rings. The number of carbonyl (C=O) groups excluding carboxylic acids is 1. The van der Waals surface area contributed by atoms with Crippen LogP contribution in [0.4, 0.5) is 0 Å². The minimum absolute atomic E-state index is 0. The molecule has 0 rings (SSSR count). The number of carboxylic acid groups (broad SMARTS) is 1. The maximum atomic E-state index is 10.4. The van der Waals surface area contributed by atoms with Crippen molar-refractivity contribution in [3.05, 3.63) is 0 Å². The van der Waals surface area contributed by atoms with Crippen LogP contribution in [0.2, 0.25) is 0 Å². The molecule has 0 aromatic carbocycles. The Morgan fingerprint density at radius 3 is 2.27 bits per heavy atom. The van der Waals surface area contributed by atoms with Crippen molar-refractivity contribution in [2.24, 2.45) is 0 Å². The van der Waals surface area contributed by atoms with Crippen LogP contribution < -0.4 is 0 Å². The molecule has 0 aromatic rings. The minimum Gasteiger partial charge on any atom is -0.481 e. The third-order valence-electron chi connectivity index (χ3n) is 0.829. The van der Waals surface area contributed by atoms with Crippen molar-refractivity contribution in [1.29, 1.82) is 0 Å². The van der Waals surface area contributed by atoms with E-state index in [0.29, 0.717) is 0 Å². The summed E-state index contributed by atoms with van der Waals surface area (Å²) in [4.78, 5) is 20.5. The number of hydrogen-bond acceptors (Lipinski definition) is 3. The van der Waals surface area contributed by atoms with Gasteiger partial charge in [0.1, 0.15) is 0 Å². The van der Waals surface area contributed by atoms with Gasteiger partial charge in [-0.05, 0) is 0 Å². The van der Waals surface area contributed by atoms with E-state index in [1.54, 1.807) is 6.92 Å². The zero-order chi connectivity index (χ0) is 8.15. The summed E-state index contributed by atoms with van der Waals surface area (Å²) >= 11 is 1.06. The molecule has 0 saturated carbocycles. The van der Waals surface area contributed by atoms with E-state index in [9.17, 15) is 9.59 Å². The first-order valence-electron chi connectivity index (χ1n) is 2.91. The smallest absolute Gasteiger partial charge is 0.304 e. The molecule has 0 aliphatic heterocycles. The maximum Gasteiger partial charge on any atom is 0.304 e. The summed E-state index contributed by atoms with van der Waals surface area (Å²) in [5.74, 6) is -0.860. The molecule has 1 atom stereocenters. The Hall–Kier alpha value is -0.220. The molecule has 11 heavy (non-hydrogen) atoms. The van der Waals surface area contributed by atoms with Gasteiger partial charge < -0.3 is 5.11 Å². The van der Waals surface area contributed by atoms with Crippen molar-refractivity contribution >= 4 is 35.3 Å². The van der Waals surface area contributed by atoms with Crippen LogP contribution in [0, 0.1) is 0 Å². The Morgan fingerprint density at radius 2 is 2.00 bits per heavy atom. The van der Waals surface area contributed by atoms with E-state index in [2.05, 4.69) is 0 Å². The average molecular weight is 199 g/mol. The van der Waals surface area contributed by atoms with Crippen molar-refractivity contribution in [2.45, 2.75) is 25.5 Å². The highest BCUT2D eigenvalue weighted by Crippen LogP contribution is 2.13. The van der Waals surface area contributed by atoms with Crippen LogP contribution in [0.5, 0.6) is 0 Å². The van der Waals surface area contributed by atoms with Gasteiger partial charge in [-0.1, -0.05) is 18.7 Å². The third-order valence-corrected chi connectivity index (χ3v) is 1.73. The molecule has 66 valence electrons. The zero-order valence-electron chi connectivity index (χ0n) is 6.36. The lowest BCUT2D eigenvalue weighted by molar-refractivity contribution is -0.136. The van der Waals surface area contributed by atoms with Gasteiger partial charge in [0.05, 0.1) is 6.42 Å². The topological polar surface area (TPSA) is 54.4 Å². The number of thioether (sulfide) groups is 1. The van der Waals surface area contributed by atoms with Gasteiger partial charge in [0.2, 0.25) is 0 Å². The predicted molar refractivity (Wildman–Crippen MR) is 47.2 cm³/mol. The van der Waals surface area contributed by atoms with Gasteiger partial charge in [-0.2, -0.15) is 0 Å². The molecule has 0 saturated heterocycles. The van der Waals surface area contributed by atoms with Crippen molar-refractivity contribution in [3.8, 4) is 0 Å². The fourth-order valence-electron chi connectivity index (χ4n) is 0.571. The van der Waals surface area contributed by atoms with Gasteiger partial charge >= 0.3 is 5.97 Å². The standard InChI is InChI=1S/C6H10O3S.ClH/c1-4(3-6(8)9)10-5(2)7;/h4H,3H2,1-2H3,(H,8,9);1H. The van der Waals surface area contributed by atoms with Crippen LogP contribution in [0.25, 0.3) is 0 Å². The first-order valence-corrected chi connectivity index (χ1v) is 3.79. The van der Waals surface area contributed by atoms with E-state index in [4.69, 9.17) is 5.11 Å². The molecular weight excluding hydrogens is 188 g/mol. The number of aliphatic carboxylic acids is 1. The number of halogens is 1. The highest BCUT2D eigenvalue weighted by atomic mass is 35.5. The van der Waals surface area contributed by atoms with Crippen LogP contribution in [-0.2, 0) is 9.59 Å². The van der Waals surface area contributed by atoms with Crippen molar-refractivity contribution in [1.82, 2.24) is 0 Å². The summed E-state index contributed by atoms with van der Waals surface area (Å²) in [6, 6.07) is 0. The number of carbonyl (C=O) groups is 2. The van der Waals surface area contributed by atoms with Gasteiger partial charge in [-0.25, -0.2) is 0 Å². The van der Waals surface area contributed by atoms with E-state index >= 15 is 0 Å². The summed E-state index contributed by atoms with van der Waals surface area (Å²) in [5.41, 5.74) is 0. The molecule has 0 fully saturated rings. The Balaban J connectivity index is 0. The first kappa shape index (κ1) is 13.4. The Labute approximate surface area is 76.0 Å². The van der Waals surface area contributed by atoms with E-state index in [1.165, 1.54) is 6.92 Å². The second-order valence-electron chi connectivity index (χ2n) is 2.02. The van der Waals surface area contributed by atoms with Crippen molar-refractivity contribution in [3.63, 3.8) is 0 Å². The average Bonchev–Trinajstić information content (AvgIpc) is 1.58. The van der Waals surface area contributed by atoms with Gasteiger partial charge in [0.15, 0.2) is 5.12 Å². The second-order valence-corrected chi connectivity index (χ2v) is 3.63. The summed E-state index contributed by atoms with van der Waals surface area (Å²) in [6.45, 7) is 3.16. The number of hydrogen-bond donors (Lipinski definition) is 1. The van der Waals surface area contributed by atoms with Crippen LogP contribution in [-0.4, -0.2) is 21.4 Å². The molecular formula is C6H11ClO3S. The largest absolute Gasteiger partial charge is 0.481 e. The van der Waals surface area contributed by atoms with Gasteiger partial charge in [0, 0.05) is 12.2 Å². The maximum absolute atomic E-state index is 10.4.